The zero-order valence-corrected chi connectivity index (χ0v) is 13.0. The van der Waals surface area contributed by atoms with E-state index in [0.29, 0.717) is 25.2 Å². The molecule has 0 radical (unpaired) electrons. The molecule has 0 aromatic rings. The summed E-state index contributed by atoms with van der Waals surface area (Å²) < 4.78 is 27.9. The van der Waals surface area contributed by atoms with Gasteiger partial charge in [0.2, 0.25) is 0 Å². The minimum atomic E-state index is -3.05. The molecule has 0 N–H and O–H groups in total. The van der Waals surface area contributed by atoms with Gasteiger partial charge in [0.25, 0.3) is 0 Å². The molecule has 0 saturated heterocycles. The van der Waals surface area contributed by atoms with E-state index < -0.39 is 13.6 Å². The van der Waals surface area contributed by atoms with Gasteiger partial charge in [0.15, 0.2) is 0 Å². The van der Waals surface area contributed by atoms with E-state index in [1.54, 1.807) is 6.92 Å². The van der Waals surface area contributed by atoms with E-state index in [2.05, 4.69) is 6.58 Å². The van der Waals surface area contributed by atoms with Crippen LogP contribution in [0.25, 0.3) is 0 Å². The maximum atomic E-state index is 12.3. The van der Waals surface area contributed by atoms with Crippen LogP contribution in [0.3, 0.4) is 0 Å². The van der Waals surface area contributed by atoms with Crippen LogP contribution in [0.2, 0.25) is 0 Å². The van der Waals surface area contributed by atoms with Crippen molar-refractivity contribution >= 4 is 13.6 Å². The number of carbonyl (C=O) groups excluding carboxylic acids is 1. The fourth-order valence-corrected chi connectivity index (χ4v) is 2.94. The van der Waals surface area contributed by atoms with Gasteiger partial charge in [-0.1, -0.05) is 20.4 Å². The minimum absolute atomic E-state index is 0.195. The summed E-state index contributed by atoms with van der Waals surface area (Å²) in [4.78, 5) is 11.2. The molecule has 0 aromatic heterocycles. The third-order valence-electron chi connectivity index (χ3n) is 2.14. The van der Waals surface area contributed by atoms with Crippen molar-refractivity contribution in [1.29, 1.82) is 0 Å². The topological polar surface area (TPSA) is 61.8 Å². The van der Waals surface area contributed by atoms with Crippen LogP contribution in [-0.2, 0) is 23.1 Å². The maximum Gasteiger partial charge on any atom is 0.333 e. The van der Waals surface area contributed by atoms with Crippen molar-refractivity contribution in [1.82, 2.24) is 0 Å². The number of hydrogen-bond acceptors (Lipinski definition) is 5. The number of carbonyl (C=O) groups is 1. The lowest BCUT2D eigenvalue weighted by molar-refractivity contribution is -0.138. The molecule has 0 aromatic carbocycles. The van der Waals surface area contributed by atoms with Gasteiger partial charge in [-0.05, 0) is 26.2 Å². The van der Waals surface area contributed by atoms with Crippen molar-refractivity contribution in [3.05, 3.63) is 12.2 Å². The van der Waals surface area contributed by atoms with Crippen LogP contribution in [-0.4, -0.2) is 32.0 Å². The monoisotopic (exact) mass is 292 g/mol. The summed E-state index contributed by atoms with van der Waals surface area (Å²) in [6, 6.07) is 0. The van der Waals surface area contributed by atoms with Crippen molar-refractivity contribution in [3.8, 4) is 0 Å². The molecule has 0 aliphatic rings. The molecule has 0 aliphatic carbocycles. The van der Waals surface area contributed by atoms with Gasteiger partial charge in [-0.3, -0.25) is 4.57 Å². The number of rotatable bonds is 11. The van der Waals surface area contributed by atoms with Crippen LogP contribution in [0, 0.1) is 0 Å². The summed E-state index contributed by atoms with van der Waals surface area (Å²) in [5.41, 5.74) is 0.354. The van der Waals surface area contributed by atoms with Crippen LogP contribution in [0.15, 0.2) is 12.2 Å². The first-order valence-electron chi connectivity index (χ1n) is 6.66. The zero-order valence-electron chi connectivity index (χ0n) is 12.1. The van der Waals surface area contributed by atoms with Gasteiger partial charge < -0.3 is 13.8 Å². The smallest absolute Gasteiger partial charge is 0.333 e. The highest BCUT2D eigenvalue weighted by Gasteiger charge is 2.23. The van der Waals surface area contributed by atoms with Crippen LogP contribution >= 0.6 is 7.60 Å². The summed E-state index contributed by atoms with van der Waals surface area (Å²) in [5, 5.41) is 0. The van der Waals surface area contributed by atoms with Gasteiger partial charge in [0, 0.05) is 5.57 Å². The average molecular weight is 292 g/mol. The highest BCUT2D eigenvalue weighted by molar-refractivity contribution is 7.53. The predicted octanol–water partition coefficient (Wildman–Crippen LogP) is 3.54. The van der Waals surface area contributed by atoms with Crippen molar-refractivity contribution in [2.45, 2.75) is 40.0 Å². The summed E-state index contributed by atoms with van der Waals surface area (Å²) in [7, 11) is -3.05. The van der Waals surface area contributed by atoms with Crippen molar-refractivity contribution in [2.75, 3.05) is 26.0 Å². The molecule has 0 unspecified atom stereocenters. The molecule has 0 bridgehead atoms. The lowest BCUT2D eigenvalue weighted by Crippen LogP contribution is -2.09. The van der Waals surface area contributed by atoms with Crippen LogP contribution in [0.1, 0.15) is 40.0 Å². The Hall–Kier alpha value is -0.640. The quantitative estimate of drug-likeness (QED) is 0.252. The second-order valence-electron chi connectivity index (χ2n) is 4.27. The average Bonchev–Trinajstić information content (AvgIpc) is 2.39. The van der Waals surface area contributed by atoms with Crippen molar-refractivity contribution in [3.63, 3.8) is 0 Å². The summed E-state index contributed by atoms with van der Waals surface area (Å²) in [6.45, 7) is 9.97. The first-order valence-corrected chi connectivity index (χ1v) is 8.38. The Bertz CT molecular complexity index is 315. The highest BCUT2D eigenvalue weighted by atomic mass is 31.2. The molecular weight excluding hydrogens is 267 g/mol. The van der Waals surface area contributed by atoms with Gasteiger partial charge >= 0.3 is 13.6 Å². The predicted molar refractivity (Wildman–Crippen MR) is 75.3 cm³/mol. The molecular formula is C13H25O5P. The third kappa shape index (κ3) is 8.98. The SMILES string of the molecule is C=C(C)C(=O)OCCCP(=O)(OCCC)OCCC. The third-order valence-corrected chi connectivity index (χ3v) is 4.16. The van der Waals surface area contributed by atoms with Gasteiger partial charge in [-0.15, -0.1) is 0 Å². The molecule has 0 fully saturated rings. The summed E-state index contributed by atoms with van der Waals surface area (Å²) in [6.07, 6.45) is 2.27. The van der Waals surface area contributed by atoms with Gasteiger partial charge in [0.1, 0.15) is 0 Å². The number of hydrogen-bond donors (Lipinski definition) is 0. The largest absolute Gasteiger partial charge is 0.462 e. The summed E-state index contributed by atoms with van der Waals surface area (Å²) in [5.74, 6) is -0.432. The van der Waals surface area contributed by atoms with E-state index >= 15 is 0 Å². The molecule has 0 aliphatic heterocycles. The molecule has 0 heterocycles. The molecule has 0 spiro atoms. The van der Waals surface area contributed by atoms with E-state index in [1.165, 1.54) is 0 Å². The van der Waals surface area contributed by atoms with Crippen LogP contribution in [0.5, 0.6) is 0 Å². The van der Waals surface area contributed by atoms with Gasteiger partial charge in [-0.25, -0.2) is 4.79 Å². The van der Waals surface area contributed by atoms with E-state index in [1.807, 2.05) is 13.8 Å². The Morgan fingerprint density at radius 1 is 1.11 bits per heavy atom. The Morgan fingerprint density at radius 3 is 2.05 bits per heavy atom. The number of ether oxygens (including phenoxy) is 1. The fourth-order valence-electron chi connectivity index (χ4n) is 1.17. The lowest BCUT2D eigenvalue weighted by Gasteiger charge is -2.18. The second-order valence-corrected chi connectivity index (χ2v) is 6.46. The molecule has 0 atom stereocenters. The van der Waals surface area contributed by atoms with Crippen molar-refractivity contribution in [2.24, 2.45) is 0 Å². The molecule has 0 rings (SSSR count). The lowest BCUT2D eigenvalue weighted by atomic mass is 10.4. The van der Waals surface area contributed by atoms with E-state index in [-0.39, 0.29) is 12.8 Å². The van der Waals surface area contributed by atoms with Gasteiger partial charge in [0.05, 0.1) is 26.0 Å². The van der Waals surface area contributed by atoms with Gasteiger partial charge in [-0.2, -0.15) is 0 Å². The van der Waals surface area contributed by atoms with E-state index in [0.717, 1.165) is 12.8 Å². The molecule has 0 amide bonds. The standard InChI is InChI=1S/C13H25O5P/c1-5-8-17-19(15,18-9-6-2)11-7-10-16-13(14)12(3)4/h3,5-11H2,1-2,4H3. The fraction of sp³-hybridized carbons (Fsp3) is 0.769. The van der Waals surface area contributed by atoms with Crippen LogP contribution < -0.4 is 0 Å². The first-order chi connectivity index (χ1) is 8.95. The van der Waals surface area contributed by atoms with E-state index in [4.69, 9.17) is 13.8 Å². The van der Waals surface area contributed by atoms with Crippen molar-refractivity contribution < 1.29 is 23.1 Å². The Balaban J connectivity index is 4.08. The Labute approximate surface area is 115 Å². The Morgan fingerprint density at radius 2 is 1.63 bits per heavy atom. The molecule has 5 nitrogen and oxygen atoms in total. The molecule has 112 valence electrons. The first kappa shape index (κ1) is 18.4. The molecule has 19 heavy (non-hydrogen) atoms. The summed E-state index contributed by atoms with van der Waals surface area (Å²) >= 11 is 0. The number of esters is 1. The zero-order chi connectivity index (χ0) is 14.7. The van der Waals surface area contributed by atoms with Crippen LogP contribution in [0.4, 0.5) is 0 Å². The highest BCUT2D eigenvalue weighted by Crippen LogP contribution is 2.48. The molecule has 0 saturated carbocycles. The molecule has 6 heteroatoms. The normalized spacial score (nSPS) is 11.3. The Kier molecular flexibility index (Phi) is 9.84. The minimum Gasteiger partial charge on any atom is -0.462 e. The van der Waals surface area contributed by atoms with E-state index in [9.17, 15) is 9.36 Å². The maximum absolute atomic E-state index is 12.3. The second kappa shape index (κ2) is 10.2.